The molecule has 0 aliphatic heterocycles. The molecular weight excluding hydrogens is 382 g/mol. The minimum atomic E-state index is -1.14. The summed E-state index contributed by atoms with van der Waals surface area (Å²) in [7, 11) is 1.83. The second-order valence-corrected chi connectivity index (χ2v) is 10.9. The molecule has 6 unspecified atom stereocenters. The highest BCUT2D eigenvalue weighted by atomic mass is 16.3. The molecule has 0 saturated heterocycles. The summed E-state index contributed by atoms with van der Waals surface area (Å²) in [5.74, 6) is -0.0377. The Balaban J connectivity index is 1.66. The number of hydrogen-bond donors (Lipinski definition) is 3. The van der Waals surface area contributed by atoms with Crippen molar-refractivity contribution in [3.05, 3.63) is 11.6 Å². The van der Waals surface area contributed by atoms with Gasteiger partial charge in [-0.25, -0.2) is 0 Å². The maximum absolute atomic E-state index is 13.1. The molecule has 0 aromatic heterocycles. The van der Waals surface area contributed by atoms with E-state index in [1.54, 1.807) is 6.08 Å². The van der Waals surface area contributed by atoms with Gasteiger partial charge in [-0.3, -0.25) is 14.5 Å². The minimum absolute atomic E-state index is 0.0118. The topological polar surface area (TPSA) is 98.1 Å². The van der Waals surface area contributed by atoms with Gasteiger partial charge in [0.2, 0.25) is 0 Å². The van der Waals surface area contributed by atoms with Crippen molar-refractivity contribution < 1.29 is 24.9 Å². The lowest BCUT2D eigenvalue weighted by Gasteiger charge is -2.59. The number of rotatable bonds is 5. The number of hydrogen-bond acceptors (Lipinski definition) is 6. The lowest BCUT2D eigenvalue weighted by atomic mass is 9.46. The maximum Gasteiger partial charge on any atom is 0.159 e. The molecule has 7 atom stereocenters. The van der Waals surface area contributed by atoms with Gasteiger partial charge in [-0.15, -0.1) is 0 Å². The summed E-state index contributed by atoms with van der Waals surface area (Å²) in [5, 5.41) is 31.5. The van der Waals surface area contributed by atoms with Gasteiger partial charge in [0.1, 0.15) is 0 Å². The van der Waals surface area contributed by atoms with Crippen LogP contribution in [0, 0.1) is 28.6 Å². The van der Waals surface area contributed by atoms with Crippen molar-refractivity contribution in [2.75, 3.05) is 26.7 Å². The monoisotopic (exact) mass is 419 g/mol. The summed E-state index contributed by atoms with van der Waals surface area (Å²) in [4.78, 5) is 28.1. The Hall–Kier alpha value is -1.08. The van der Waals surface area contributed by atoms with Crippen LogP contribution in [0.25, 0.3) is 0 Å². The second-order valence-electron chi connectivity index (χ2n) is 10.9. The van der Waals surface area contributed by atoms with Gasteiger partial charge in [-0.1, -0.05) is 13.8 Å². The molecule has 0 aromatic rings. The first-order chi connectivity index (χ1) is 14.1. The Morgan fingerprint density at radius 1 is 1.17 bits per heavy atom. The zero-order valence-electron chi connectivity index (χ0n) is 18.6. The minimum Gasteiger partial charge on any atom is -0.395 e. The molecule has 4 aliphatic rings. The molecular formula is C24H37NO5. The molecule has 168 valence electrons. The fourth-order valence-electron chi connectivity index (χ4n) is 7.58. The Kier molecular flexibility index (Phi) is 5.54. The SMILES string of the molecule is CN(CCO)CC(=O)C1CC[C@@]2(O)C3=CC(=O)C4CCC(O)CC4(C)C3CCC12C. The number of aliphatic hydroxyl groups is 3. The molecule has 6 heteroatoms. The number of ketones is 2. The van der Waals surface area contributed by atoms with Crippen LogP contribution < -0.4 is 0 Å². The number of fused-ring (bicyclic) bond motifs is 5. The quantitative estimate of drug-likeness (QED) is 0.628. The summed E-state index contributed by atoms with van der Waals surface area (Å²) >= 11 is 0. The maximum atomic E-state index is 13.1. The zero-order valence-corrected chi connectivity index (χ0v) is 18.6. The van der Waals surface area contributed by atoms with Crippen LogP contribution in [0.4, 0.5) is 0 Å². The Morgan fingerprint density at radius 2 is 1.90 bits per heavy atom. The van der Waals surface area contributed by atoms with Crippen LogP contribution in [0.5, 0.6) is 0 Å². The third-order valence-electron chi connectivity index (χ3n) is 9.31. The standard InChI is InChI=1S/C24H37NO5/c1-22-13-15(27)4-5-17(22)20(28)12-19-16(22)6-8-23(2)18(7-9-24(19,23)30)21(29)14-25(3)10-11-26/h12,15-18,26-27,30H,4-11,13-14H2,1-3H3/t15?,16?,17?,18?,22?,23?,24-/m1/s1. The van der Waals surface area contributed by atoms with Gasteiger partial charge in [0.15, 0.2) is 11.6 Å². The molecule has 0 amide bonds. The highest BCUT2D eigenvalue weighted by molar-refractivity contribution is 5.95. The van der Waals surface area contributed by atoms with Crippen LogP contribution >= 0.6 is 0 Å². The number of aliphatic hydroxyl groups excluding tert-OH is 2. The summed E-state index contributed by atoms with van der Waals surface area (Å²) in [6, 6.07) is 0. The van der Waals surface area contributed by atoms with Crippen molar-refractivity contribution in [3.8, 4) is 0 Å². The van der Waals surface area contributed by atoms with Crippen molar-refractivity contribution >= 4 is 11.6 Å². The van der Waals surface area contributed by atoms with E-state index in [4.69, 9.17) is 5.11 Å². The predicted octanol–water partition coefficient (Wildman–Crippen LogP) is 1.71. The van der Waals surface area contributed by atoms with Gasteiger partial charge in [0.25, 0.3) is 0 Å². The lowest BCUT2D eigenvalue weighted by Crippen LogP contribution is -2.59. The molecule has 4 aliphatic carbocycles. The number of Topliss-reactive ketones (excluding diaryl/α,β-unsaturated/α-hetero) is 1. The summed E-state index contributed by atoms with van der Waals surface area (Å²) < 4.78 is 0. The van der Waals surface area contributed by atoms with Crippen LogP contribution in [0.15, 0.2) is 11.6 Å². The summed E-state index contributed by atoms with van der Waals surface area (Å²) in [6.45, 7) is 4.88. The van der Waals surface area contributed by atoms with Gasteiger partial charge in [0, 0.05) is 23.8 Å². The van der Waals surface area contributed by atoms with E-state index in [9.17, 15) is 19.8 Å². The van der Waals surface area contributed by atoms with Crippen molar-refractivity contribution in [3.63, 3.8) is 0 Å². The molecule has 0 heterocycles. The smallest absolute Gasteiger partial charge is 0.159 e. The van der Waals surface area contributed by atoms with Crippen LogP contribution in [-0.2, 0) is 9.59 Å². The fourth-order valence-corrected chi connectivity index (χ4v) is 7.58. The van der Waals surface area contributed by atoms with Crippen molar-refractivity contribution in [1.82, 2.24) is 4.90 Å². The third kappa shape index (κ3) is 3.06. The molecule has 30 heavy (non-hydrogen) atoms. The lowest BCUT2D eigenvalue weighted by molar-refractivity contribution is -0.145. The van der Waals surface area contributed by atoms with Crippen molar-refractivity contribution in [1.29, 1.82) is 0 Å². The molecule has 3 saturated carbocycles. The number of nitrogens with zero attached hydrogens (tertiary/aromatic N) is 1. The Bertz CT molecular complexity index is 765. The normalized spacial score (nSPS) is 45.6. The van der Waals surface area contributed by atoms with Crippen LogP contribution in [0.1, 0.15) is 58.8 Å². The van der Waals surface area contributed by atoms with E-state index in [2.05, 4.69) is 6.92 Å². The van der Waals surface area contributed by atoms with E-state index in [1.807, 2.05) is 18.9 Å². The first-order valence-corrected chi connectivity index (χ1v) is 11.6. The Morgan fingerprint density at radius 3 is 2.60 bits per heavy atom. The van der Waals surface area contributed by atoms with Gasteiger partial charge >= 0.3 is 0 Å². The number of carbonyl (C=O) groups is 2. The summed E-state index contributed by atoms with van der Waals surface area (Å²) in [5.41, 5.74) is -1.21. The number of allylic oxidation sites excluding steroid dienone is 1. The van der Waals surface area contributed by atoms with E-state index < -0.39 is 11.0 Å². The van der Waals surface area contributed by atoms with E-state index in [0.717, 1.165) is 18.4 Å². The van der Waals surface area contributed by atoms with Gasteiger partial charge in [-0.05, 0) is 75.0 Å². The highest BCUT2D eigenvalue weighted by Gasteiger charge is 2.66. The molecule has 4 rings (SSSR count). The first-order valence-electron chi connectivity index (χ1n) is 11.6. The number of likely N-dealkylation sites (N-methyl/N-ethyl adjacent to an activating group) is 1. The number of carbonyl (C=O) groups excluding carboxylic acids is 2. The third-order valence-corrected chi connectivity index (χ3v) is 9.31. The van der Waals surface area contributed by atoms with Crippen LogP contribution in [-0.4, -0.2) is 70.2 Å². The van der Waals surface area contributed by atoms with E-state index in [0.29, 0.717) is 38.6 Å². The fraction of sp³-hybridized carbons (Fsp3) is 0.833. The van der Waals surface area contributed by atoms with E-state index in [-0.39, 0.29) is 54.0 Å². The predicted molar refractivity (Wildman–Crippen MR) is 113 cm³/mol. The van der Waals surface area contributed by atoms with Gasteiger partial charge in [0.05, 0.1) is 24.9 Å². The highest BCUT2D eigenvalue weighted by Crippen LogP contribution is 2.67. The molecule has 3 N–H and O–H groups in total. The van der Waals surface area contributed by atoms with Crippen LogP contribution in [0.3, 0.4) is 0 Å². The van der Waals surface area contributed by atoms with Gasteiger partial charge in [-0.2, -0.15) is 0 Å². The molecule has 0 bridgehead atoms. The molecule has 0 spiro atoms. The molecule has 3 fully saturated rings. The average molecular weight is 420 g/mol. The molecule has 0 aromatic carbocycles. The van der Waals surface area contributed by atoms with Crippen molar-refractivity contribution in [2.45, 2.75) is 70.5 Å². The zero-order chi connectivity index (χ0) is 21.9. The molecule has 6 nitrogen and oxygen atoms in total. The molecule has 0 radical (unpaired) electrons. The first kappa shape index (κ1) is 22.1. The van der Waals surface area contributed by atoms with E-state index in [1.165, 1.54) is 0 Å². The van der Waals surface area contributed by atoms with Crippen LogP contribution in [0.2, 0.25) is 0 Å². The Labute approximate surface area is 179 Å². The van der Waals surface area contributed by atoms with E-state index >= 15 is 0 Å². The second kappa shape index (κ2) is 7.51. The average Bonchev–Trinajstić information content (AvgIpc) is 2.93. The largest absolute Gasteiger partial charge is 0.395 e. The van der Waals surface area contributed by atoms with Crippen molar-refractivity contribution in [2.24, 2.45) is 28.6 Å². The summed E-state index contributed by atoms with van der Waals surface area (Å²) in [6.07, 6.45) is 6.03. The van der Waals surface area contributed by atoms with Gasteiger partial charge < -0.3 is 15.3 Å².